The highest BCUT2D eigenvalue weighted by molar-refractivity contribution is 7.80. The number of hydrogen-bond donors (Lipinski definition) is 0. The predicted molar refractivity (Wildman–Crippen MR) is 36.4 cm³/mol. The second-order valence-electron chi connectivity index (χ2n) is 1.80. The van der Waals surface area contributed by atoms with Crippen molar-refractivity contribution in [2.24, 2.45) is 5.92 Å². The molecular formula is C6H11S. The molecule has 1 heteroatoms. The lowest BCUT2D eigenvalue weighted by Gasteiger charge is -1.98. The summed E-state index contributed by atoms with van der Waals surface area (Å²) >= 11 is 4.79. The summed E-state index contributed by atoms with van der Waals surface area (Å²) in [6, 6.07) is 0. The van der Waals surface area contributed by atoms with Gasteiger partial charge in [0.05, 0.1) is 0 Å². The zero-order valence-corrected chi connectivity index (χ0v) is 5.50. The van der Waals surface area contributed by atoms with Crippen LogP contribution in [0.1, 0.15) is 13.3 Å². The predicted octanol–water partition coefficient (Wildman–Crippen LogP) is 2.40. The average molecular weight is 115 g/mol. The fourth-order valence-electron chi connectivity index (χ4n) is 0.353. The zero-order valence-electron chi connectivity index (χ0n) is 4.68. The van der Waals surface area contributed by atoms with Crippen molar-refractivity contribution in [3.05, 3.63) is 12.7 Å². The van der Waals surface area contributed by atoms with Crippen molar-refractivity contribution in [2.45, 2.75) is 13.3 Å². The second-order valence-corrected chi connectivity index (χ2v) is 2.13. The molecule has 0 saturated carbocycles. The third kappa shape index (κ3) is 3.93. The molecule has 0 amide bonds. The monoisotopic (exact) mass is 115 g/mol. The molecule has 0 heterocycles. The van der Waals surface area contributed by atoms with E-state index >= 15 is 0 Å². The molecule has 0 aliphatic carbocycles. The van der Waals surface area contributed by atoms with E-state index in [1.54, 1.807) is 0 Å². The Bertz CT molecular complexity index is 50.1. The summed E-state index contributed by atoms with van der Waals surface area (Å²) in [6.45, 7) is 5.74. The third-order valence-electron chi connectivity index (χ3n) is 0.854. The molecule has 0 aromatic heterocycles. The molecule has 0 spiro atoms. The highest BCUT2D eigenvalue weighted by Gasteiger charge is 1.92. The minimum atomic E-state index is 0.646. The molecule has 1 atom stereocenters. The maximum Gasteiger partial charge on any atom is 0.00656 e. The fourth-order valence-corrected chi connectivity index (χ4v) is 0.489. The molecule has 41 valence electrons. The highest BCUT2D eigenvalue weighted by atomic mass is 32.1. The van der Waals surface area contributed by atoms with Gasteiger partial charge in [-0.2, -0.15) is 0 Å². The van der Waals surface area contributed by atoms with Gasteiger partial charge in [-0.25, -0.2) is 0 Å². The van der Waals surface area contributed by atoms with Gasteiger partial charge in [0.25, 0.3) is 0 Å². The fraction of sp³-hybridized carbons (Fsp3) is 0.667. The first kappa shape index (κ1) is 7.09. The summed E-state index contributed by atoms with van der Waals surface area (Å²) in [6.07, 6.45) is 2.97. The first-order valence-electron chi connectivity index (χ1n) is 2.50. The molecule has 0 aliphatic heterocycles. The SMILES string of the molecule is C=CCC(C)C[S]. The molecule has 1 radical (unpaired) electrons. The van der Waals surface area contributed by atoms with Crippen LogP contribution in [0, 0.1) is 5.92 Å². The van der Waals surface area contributed by atoms with Gasteiger partial charge in [-0.05, 0) is 12.3 Å². The van der Waals surface area contributed by atoms with Crippen molar-refractivity contribution < 1.29 is 0 Å². The van der Waals surface area contributed by atoms with Crippen molar-refractivity contribution in [2.75, 3.05) is 5.75 Å². The molecule has 0 nitrogen and oxygen atoms in total. The van der Waals surface area contributed by atoms with Gasteiger partial charge in [-0.15, -0.1) is 6.58 Å². The van der Waals surface area contributed by atoms with E-state index in [0.29, 0.717) is 5.92 Å². The van der Waals surface area contributed by atoms with Gasteiger partial charge < -0.3 is 0 Å². The summed E-state index contributed by atoms with van der Waals surface area (Å²) in [4.78, 5) is 0. The van der Waals surface area contributed by atoms with Crippen LogP contribution in [0.25, 0.3) is 0 Å². The van der Waals surface area contributed by atoms with E-state index < -0.39 is 0 Å². The van der Waals surface area contributed by atoms with Crippen LogP contribution >= 0.6 is 12.6 Å². The van der Waals surface area contributed by atoms with Crippen LogP contribution in [0.2, 0.25) is 0 Å². The van der Waals surface area contributed by atoms with Crippen LogP contribution in [0.5, 0.6) is 0 Å². The lowest BCUT2D eigenvalue weighted by Crippen LogP contribution is -1.91. The second kappa shape index (κ2) is 4.25. The molecule has 0 bridgehead atoms. The summed E-state index contributed by atoms with van der Waals surface area (Å²) in [5.41, 5.74) is 0. The first-order chi connectivity index (χ1) is 3.31. The Kier molecular flexibility index (Phi) is 4.31. The smallest absolute Gasteiger partial charge is 0.00656 e. The van der Waals surface area contributed by atoms with Crippen LogP contribution in [-0.2, 0) is 0 Å². The van der Waals surface area contributed by atoms with Crippen molar-refractivity contribution in [1.29, 1.82) is 0 Å². The molecule has 0 aromatic rings. The molecule has 0 aliphatic rings. The van der Waals surface area contributed by atoms with E-state index in [4.69, 9.17) is 12.6 Å². The number of hydrogen-bond acceptors (Lipinski definition) is 0. The van der Waals surface area contributed by atoms with Crippen LogP contribution in [0.4, 0.5) is 0 Å². The molecule has 0 rings (SSSR count). The Labute approximate surface area is 51.0 Å². The summed E-state index contributed by atoms with van der Waals surface area (Å²) in [7, 11) is 0. The van der Waals surface area contributed by atoms with Crippen LogP contribution in [0.3, 0.4) is 0 Å². The minimum absolute atomic E-state index is 0.646. The van der Waals surface area contributed by atoms with Gasteiger partial charge in [-0.1, -0.05) is 25.6 Å². The zero-order chi connectivity index (χ0) is 5.70. The van der Waals surface area contributed by atoms with Gasteiger partial charge in [0, 0.05) is 5.75 Å². The van der Waals surface area contributed by atoms with Gasteiger partial charge in [0.2, 0.25) is 0 Å². The van der Waals surface area contributed by atoms with Crippen LogP contribution < -0.4 is 0 Å². The third-order valence-corrected chi connectivity index (χ3v) is 1.42. The first-order valence-corrected chi connectivity index (χ1v) is 3.08. The normalized spacial score (nSPS) is 13.4. The summed E-state index contributed by atoms with van der Waals surface area (Å²) in [5.74, 6) is 1.50. The van der Waals surface area contributed by atoms with Crippen LogP contribution in [-0.4, -0.2) is 5.75 Å². The van der Waals surface area contributed by atoms with Gasteiger partial charge in [-0.3, -0.25) is 0 Å². The van der Waals surface area contributed by atoms with E-state index in [-0.39, 0.29) is 0 Å². The lowest BCUT2D eigenvalue weighted by molar-refractivity contribution is 0.678. The highest BCUT2D eigenvalue weighted by Crippen LogP contribution is 2.02. The van der Waals surface area contributed by atoms with E-state index in [0.717, 1.165) is 12.2 Å². The van der Waals surface area contributed by atoms with Crippen molar-refractivity contribution >= 4 is 12.6 Å². The van der Waals surface area contributed by atoms with E-state index in [1.165, 1.54) is 0 Å². The Balaban J connectivity index is 2.98. The molecule has 0 N–H and O–H groups in total. The Morgan fingerprint density at radius 1 is 1.86 bits per heavy atom. The molecule has 0 aromatic carbocycles. The van der Waals surface area contributed by atoms with Crippen LogP contribution in [0.15, 0.2) is 12.7 Å². The average Bonchev–Trinajstić information content (AvgIpc) is 1.68. The maximum absolute atomic E-state index is 4.79. The van der Waals surface area contributed by atoms with E-state index in [1.807, 2.05) is 6.08 Å². The summed E-state index contributed by atoms with van der Waals surface area (Å²) < 4.78 is 0. The maximum atomic E-state index is 4.79. The van der Waals surface area contributed by atoms with Crippen molar-refractivity contribution in [3.63, 3.8) is 0 Å². The Hall–Kier alpha value is 0.0900. The minimum Gasteiger partial charge on any atom is -0.103 e. The summed E-state index contributed by atoms with van der Waals surface area (Å²) in [5, 5.41) is 0. The largest absolute Gasteiger partial charge is 0.103 e. The standard InChI is InChI=1S/C6H11S/c1-3-4-6(2)5-7/h3,6H,1,4-5H2,2H3. The molecule has 1 unspecified atom stereocenters. The van der Waals surface area contributed by atoms with Gasteiger partial charge in [0.1, 0.15) is 0 Å². The van der Waals surface area contributed by atoms with Gasteiger partial charge >= 0.3 is 0 Å². The topological polar surface area (TPSA) is 0 Å². The van der Waals surface area contributed by atoms with E-state index in [2.05, 4.69) is 13.5 Å². The van der Waals surface area contributed by atoms with E-state index in [9.17, 15) is 0 Å². The Morgan fingerprint density at radius 2 is 2.43 bits per heavy atom. The van der Waals surface area contributed by atoms with Crippen molar-refractivity contribution in [1.82, 2.24) is 0 Å². The molecule has 0 fully saturated rings. The van der Waals surface area contributed by atoms with Crippen molar-refractivity contribution in [3.8, 4) is 0 Å². The lowest BCUT2D eigenvalue weighted by atomic mass is 10.1. The van der Waals surface area contributed by atoms with Gasteiger partial charge in [0.15, 0.2) is 0 Å². The molecule has 7 heavy (non-hydrogen) atoms. The molecule has 0 saturated heterocycles. The number of rotatable bonds is 3. The number of allylic oxidation sites excluding steroid dienone is 1. The molecular weight excluding hydrogens is 104 g/mol. The quantitative estimate of drug-likeness (QED) is 0.495. The Morgan fingerprint density at radius 3 is 2.57 bits per heavy atom.